The quantitative estimate of drug-likeness (QED) is 0.0431. The first kappa shape index (κ1) is 40.5. The van der Waals surface area contributed by atoms with E-state index in [1.165, 1.54) is 70.6 Å². The fourth-order valence-electron chi connectivity index (χ4n) is 4.96. The molecule has 6 heteroatoms. The number of hydrogen-bond donors (Lipinski definition) is 5. The lowest BCUT2D eigenvalue weighted by molar-refractivity contribution is -0.132. The Morgan fingerprint density at radius 2 is 1.05 bits per heavy atom. The summed E-state index contributed by atoms with van der Waals surface area (Å²) in [4.78, 5) is 12.4. The lowest BCUT2D eigenvalue weighted by atomic mass is 10.00. The number of carbonyl (C=O) groups is 1. The van der Waals surface area contributed by atoms with E-state index in [1.54, 1.807) is 0 Å². The highest BCUT2D eigenvalue weighted by Gasteiger charge is 2.28. The van der Waals surface area contributed by atoms with Gasteiger partial charge in [0.1, 0.15) is 12.2 Å². The van der Waals surface area contributed by atoms with Crippen molar-refractivity contribution in [2.75, 3.05) is 6.61 Å². The van der Waals surface area contributed by atoms with E-state index >= 15 is 0 Å². The molecular formula is C36H67NO5. The number of aliphatic hydroxyl groups excluding tert-OH is 4. The molecule has 0 radical (unpaired) electrons. The minimum absolute atomic E-state index is 0.349. The van der Waals surface area contributed by atoms with Gasteiger partial charge in [0, 0.05) is 0 Å². The van der Waals surface area contributed by atoms with E-state index < -0.39 is 36.9 Å². The predicted molar refractivity (Wildman–Crippen MR) is 177 cm³/mol. The van der Waals surface area contributed by atoms with Crippen molar-refractivity contribution in [2.45, 2.75) is 179 Å². The maximum absolute atomic E-state index is 12.4. The van der Waals surface area contributed by atoms with Crippen molar-refractivity contribution in [1.82, 2.24) is 5.32 Å². The Balaban J connectivity index is 3.91. The van der Waals surface area contributed by atoms with Gasteiger partial charge in [-0.2, -0.15) is 0 Å². The molecule has 42 heavy (non-hydrogen) atoms. The summed E-state index contributed by atoms with van der Waals surface area (Å²) < 4.78 is 0. The number of nitrogens with one attached hydrogen (secondary N) is 1. The summed E-state index contributed by atoms with van der Waals surface area (Å²) in [5, 5.41) is 43.2. The number of hydrogen-bond acceptors (Lipinski definition) is 5. The molecule has 0 aliphatic heterocycles. The monoisotopic (exact) mass is 594 g/mol. The first-order valence-corrected chi connectivity index (χ1v) is 17.4. The summed E-state index contributed by atoms with van der Waals surface area (Å²) in [7, 11) is 0. The zero-order valence-electron chi connectivity index (χ0n) is 27.2. The van der Waals surface area contributed by atoms with Gasteiger partial charge in [0.25, 0.3) is 0 Å². The molecule has 0 aliphatic rings. The summed E-state index contributed by atoms with van der Waals surface area (Å²) in [5.41, 5.74) is 0. The van der Waals surface area contributed by atoms with Crippen LogP contribution in [0.5, 0.6) is 0 Å². The lowest BCUT2D eigenvalue weighted by Crippen LogP contribution is -2.53. The third-order valence-electron chi connectivity index (χ3n) is 7.82. The molecule has 246 valence electrons. The third-order valence-corrected chi connectivity index (χ3v) is 7.82. The van der Waals surface area contributed by atoms with E-state index in [4.69, 9.17) is 0 Å². The van der Waals surface area contributed by atoms with Crippen LogP contribution in [0.2, 0.25) is 0 Å². The Morgan fingerprint density at radius 3 is 1.62 bits per heavy atom. The third kappa shape index (κ3) is 25.1. The summed E-state index contributed by atoms with van der Waals surface area (Å²) in [6, 6.07) is -1.00. The molecule has 0 spiro atoms. The molecular weight excluding hydrogens is 526 g/mol. The SMILES string of the molecule is CCCCC/C=C\C/C=C\CCCCCCCCC(O)C(=O)NC(CO)C(O)C(O)CCC/C=C/CCCCCCC. The minimum Gasteiger partial charge on any atom is -0.394 e. The van der Waals surface area contributed by atoms with Crippen molar-refractivity contribution in [1.29, 1.82) is 0 Å². The molecule has 4 atom stereocenters. The van der Waals surface area contributed by atoms with Crippen LogP contribution in [0.4, 0.5) is 0 Å². The molecule has 5 N–H and O–H groups in total. The molecule has 0 fully saturated rings. The highest BCUT2D eigenvalue weighted by Crippen LogP contribution is 2.13. The number of aliphatic hydroxyl groups is 4. The van der Waals surface area contributed by atoms with E-state index in [9.17, 15) is 25.2 Å². The van der Waals surface area contributed by atoms with Crippen molar-refractivity contribution in [3.8, 4) is 0 Å². The second kappa shape index (κ2) is 31.0. The average Bonchev–Trinajstić information content (AvgIpc) is 2.99. The van der Waals surface area contributed by atoms with E-state index in [0.29, 0.717) is 19.3 Å². The van der Waals surface area contributed by atoms with Gasteiger partial charge < -0.3 is 25.7 Å². The number of rotatable bonds is 30. The summed E-state index contributed by atoms with van der Waals surface area (Å²) in [6.07, 6.45) is 33.1. The lowest BCUT2D eigenvalue weighted by Gasteiger charge is -2.27. The summed E-state index contributed by atoms with van der Waals surface area (Å²) in [5.74, 6) is -0.607. The molecule has 0 saturated carbocycles. The maximum atomic E-state index is 12.4. The van der Waals surface area contributed by atoms with Crippen molar-refractivity contribution in [3.05, 3.63) is 36.5 Å². The van der Waals surface area contributed by atoms with Gasteiger partial charge in [-0.3, -0.25) is 4.79 Å². The van der Waals surface area contributed by atoms with Crippen LogP contribution in [0.25, 0.3) is 0 Å². The van der Waals surface area contributed by atoms with Crippen molar-refractivity contribution in [3.63, 3.8) is 0 Å². The summed E-state index contributed by atoms with van der Waals surface area (Å²) in [6.45, 7) is 3.94. The molecule has 4 unspecified atom stereocenters. The molecule has 0 saturated heterocycles. The molecule has 0 rings (SSSR count). The zero-order valence-corrected chi connectivity index (χ0v) is 27.2. The zero-order chi connectivity index (χ0) is 31.1. The topological polar surface area (TPSA) is 110 Å². The molecule has 0 aromatic heterocycles. The molecule has 1 amide bonds. The molecule has 0 aliphatic carbocycles. The van der Waals surface area contributed by atoms with Gasteiger partial charge in [-0.15, -0.1) is 0 Å². The van der Waals surface area contributed by atoms with Crippen LogP contribution in [0.3, 0.4) is 0 Å². The molecule has 0 aromatic rings. The van der Waals surface area contributed by atoms with Gasteiger partial charge in [0.15, 0.2) is 0 Å². The van der Waals surface area contributed by atoms with Crippen molar-refractivity contribution in [2.24, 2.45) is 0 Å². The number of allylic oxidation sites excluding steroid dienone is 6. The van der Waals surface area contributed by atoms with Crippen LogP contribution in [0.15, 0.2) is 36.5 Å². The fourth-order valence-corrected chi connectivity index (χ4v) is 4.96. The number of carbonyl (C=O) groups excluding carboxylic acids is 1. The second-order valence-electron chi connectivity index (χ2n) is 11.8. The van der Waals surface area contributed by atoms with Gasteiger partial charge in [0.05, 0.1) is 18.8 Å². The molecule has 0 bridgehead atoms. The normalized spacial score (nSPS) is 15.1. The Bertz CT molecular complexity index is 678. The van der Waals surface area contributed by atoms with Gasteiger partial charge in [-0.25, -0.2) is 0 Å². The molecule has 6 nitrogen and oxygen atoms in total. The number of unbranched alkanes of at least 4 members (excludes halogenated alkanes) is 15. The first-order chi connectivity index (χ1) is 20.5. The Hall–Kier alpha value is -1.47. The van der Waals surface area contributed by atoms with E-state index in [0.717, 1.165) is 51.4 Å². The van der Waals surface area contributed by atoms with Gasteiger partial charge >= 0.3 is 0 Å². The van der Waals surface area contributed by atoms with E-state index in [2.05, 4.69) is 55.6 Å². The second-order valence-corrected chi connectivity index (χ2v) is 11.8. The minimum atomic E-state index is -1.28. The van der Waals surface area contributed by atoms with Crippen molar-refractivity contribution < 1.29 is 25.2 Å². The highest BCUT2D eigenvalue weighted by atomic mass is 16.3. The van der Waals surface area contributed by atoms with Crippen LogP contribution in [0.1, 0.15) is 155 Å². The molecule has 0 heterocycles. The average molecular weight is 594 g/mol. The smallest absolute Gasteiger partial charge is 0.249 e. The van der Waals surface area contributed by atoms with Crippen LogP contribution >= 0.6 is 0 Å². The Kier molecular flexibility index (Phi) is 29.9. The van der Waals surface area contributed by atoms with Gasteiger partial charge in [-0.05, 0) is 70.6 Å². The van der Waals surface area contributed by atoms with Crippen LogP contribution in [-0.2, 0) is 4.79 Å². The Labute approximate surface area is 258 Å². The van der Waals surface area contributed by atoms with Gasteiger partial charge in [-0.1, -0.05) is 121 Å². The predicted octanol–water partition coefficient (Wildman–Crippen LogP) is 7.84. The Morgan fingerprint density at radius 1 is 0.595 bits per heavy atom. The largest absolute Gasteiger partial charge is 0.394 e. The fraction of sp³-hybridized carbons (Fsp3) is 0.806. The van der Waals surface area contributed by atoms with Crippen LogP contribution < -0.4 is 5.32 Å². The van der Waals surface area contributed by atoms with E-state index in [-0.39, 0.29) is 0 Å². The van der Waals surface area contributed by atoms with Gasteiger partial charge in [0.2, 0.25) is 5.91 Å². The van der Waals surface area contributed by atoms with Crippen molar-refractivity contribution >= 4 is 5.91 Å². The number of amides is 1. The highest BCUT2D eigenvalue weighted by molar-refractivity contribution is 5.80. The molecule has 0 aromatic carbocycles. The standard InChI is InChI=1S/C36H67NO5/c1-3-5-7-9-11-13-15-16-17-18-19-20-22-24-26-28-30-34(40)36(42)37-32(31-38)35(41)33(39)29-27-25-23-21-14-12-10-8-6-4-2/h11,13,16-17,21,23,32-35,38-41H,3-10,12,14-15,18-20,22,24-31H2,1-2H3,(H,37,42)/b13-11-,17-16-,23-21+. The summed E-state index contributed by atoms with van der Waals surface area (Å²) >= 11 is 0. The first-order valence-electron chi connectivity index (χ1n) is 17.4. The maximum Gasteiger partial charge on any atom is 0.249 e. The van der Waals surface area contributed by atoms with Crippen LogP contribution in [0, 0.1) is 0 Å². The van der Waals surface area contributed by atoms with Crippen LogP contribution in [-0.4, -0.2) is 57.3 Å². The van der Waals surface area contributed by atoms with E-state index in [1.807, 2.05) is 0 Å².